The average molecular weight is 702 g/mol. The van der Waals surface area contributed by atoms with Crippen molar-refractivity contribution >= 4 is 75.1 Å². The van der Waals surface area contributed by atoms with Crippen molar-refractivity contribution in [1.29, 1.82) is 0 Å². The number of hydrogen-bond donors (Lipinski definition) is 0. The zero-order valence-electron chi connectivity index (χ0n) is 28.8. The second-order valence-corrected chi connectivity index (χ2v) is 15.8. The summed E-state index contributed by atoms with van der Waals surface area (Å²) in [6, 6.07) is 43.4. The van der Waals surface area contributed by atoms with E-state index in [-0.39, 0.29) is 23.7 Å². The second kappa shape index (κ2) is 12.2. The molecule has 9 rings (SSSR count). The van der Waals surface area contributed by atoms with Gasteiger partial charge in [0.25, 0.3) is 11.8 Å². The fraction of sp³-hybridized carbons (Fsp3) is 0.136. The van der Waals surface area contributed by atoms with Gasteiger partial charge in [0.05, 0.1) is 50.9 Å². The maximum Gasteiger partial charge on any atom is 0.268 e. The number of fused-ring (bicyclic) bond motifs is 5. The van der Waals surface area contributed by atoms with Crippen LogP contribution in [0, 0.1) is 0 Å². The molecule has 0 saturated heterocycles. The summed E-state index contributed by atoms with van der Waals surface area (Å²) in [5, 5.41) is 0. The first-order valence-electron chi connectivity index (χ1n) is 17.3. The van der Waals surface area contributed by atoms with E-state index in [4.69, 9.17) is 0 Å². The van der Waals surface area contributed by atoms with Crippen molar-refractivity contribution in [2.24, 2.45) is 0 Å². The molecule has 250 valence electrons. The Balaban J connectivity index is 1.36. The highest BCUT2D eigenvalue weighted by atomic mass is 32.2. The van der Waals surface area contributed by atoms with Gasteiger partial charge >= 0.3 is 0 Å². The molecule has 2 amide bonds. The van der Waals surface area contributed by atoms with E-state index in [1.54, 1.807) is 23.5 Å². The Morgan fingerprint density at radius 3 is 1.06 bits per heavy atom. The topological polar surface area (TPSA) is 43.9 Å². The standard InChI is InChI=1S/C44H35N3O2S2/c1-26(2)28-14-13-15-29(27(3)4)42(28)47-43(48)40-34(45-30-16-5-9-20-36(30)50-37-21-10-6-17-31(37)45)24-25-35(41(40)44(47)49)46-32-18-7-11-22-38(32)51-39-23-12-8-19-33(39)46/h5-27H,1-4H3. The largest absolute Gasteiger partial charge is 0.307 e. The Bertz CT molecular complexity index is 2170. The lowest BCUT2D eigenvalue weighted by Gasteiger charge is -2.36. The maximum atomic E-state index is 15.4. The molecule has 3 aliphatic heterocycles. The predicted octanol–water partition coefficient (Wildman–Crippen LogP) is 12.6. The molecular weight excluding hydrogens is 667 g/mol. The smallest absolute Gasteiger partial charge is 0.268 e. The van der Waals surface area contributed by atoms with Crippen molar-refractivity contribution in [3.63, 3.8) is 0 Å². The van der Waals surface area contributed by atoms with Crippen LogP contribution < -0.4 is 14.7 Å². The number of hydrogen-bond acceptors (Lipinski definition) is 6. The van der Waals surface area contributed by atoms with Gasteiger partial charge in [0, 0.05) is 19.6 Å². The Kier molecular flexibility index (Phi) is 7.60. The van der Waals surface area contributed by atoms with E-state index in [9.17, 15) is 0 Å². The van der Waals surface area contributed by atoms with Gasteiger partial charge in [-0.15, -0.1) is 0 Å². The fourth-order valence-corrected chi connectivity index (χ4v) is 9.72. The third kappa shape index (κ3) is 4.86. The van der Waals surface area contributed by atoms with E-state index >= 15 is 9.59 Å². The summed E-state index contributed by atoms with van der Waals surface area (Å²) in [4.78, 5) is 41.0. The van der Waals surface area contributed by atoms with E-state index in [0.29, 0.717) is 28.2 Å². The van der Waals surface area contributed by atoms with Crippen LogP contribution in [0.4, 0.5) is 39.8 Å². The van der Waals surface area contributed by atoms with Crippen LogP contribution in [-0.4, -0.2) is 11.8 Å². The zero-order chi connectivity index (χ0) is 35.0. The first-order chi connectivity index (χ1) is 24.8. The zero-order valence-corrected chi connectivity index (χ0v) is 30.4. The number of benzene rings is 6. The highest BCUT2D eigenvalue weighted by molar-refractivity contribution is 8.00. The minimum absolute atomic E-state index is 0.0951. The quantitative estimate of drug-likeness (QED) is 0.166. The first kappa shape index (κ1) is 31.7. The van der Waals surface area contributed by atoms with Crippen molar-refractivity contribution in [2.45, 2.75) is 59.1 Å². The van der Waals surface area contributed by atoms with E-state index in [1.165, 1.54) is 4.90 Å². The molecule has 3 heterocycles. The Morgan fingerprint density at radius 2 is 0.725 bits per heavy atom. The molecule has 0 saturated carbocycles. The van der Waals surface area contributed by atoms with Crippen LogP contribution in [0.3, 0.4) is 0 Å². The summed E-state index contributed by atoms with van der Waals surface area (Å²) >= 11 is 3.44. The Morgan fingerprint density at radius 1 is 0.392 bits per heavy atom. The summed E-state index contributed by atoms with van der Waals surface area (Å²) in [7, 11) is 0. The summed E-state index contributed by atoms with van der Waals surface area (Å²) in [6.45, 7) is 8.49. The number of rotatable bonds is 5. The molecule has 0 spiro atoms. The van der Waals surface area contributed by atoms with Crippen molar-refractivity contribution in [3.8, 4) is 0 Å². The molecule has 0 radical (unpaired) electrons. The highest BCUT2D eigenvalue weighted by Gasteiger charge is 2.46. The molecule has 0 N–H and O–H groups in total. The van der Waals surface area contributed by atoms with Crippen molar-refractivity contribution in [1.82, 2.24) is 0 Å². The minimum atomic E-state index is -0.303. The van der Waals surface area contributed by atoms with Crippen molar-refractivity contribution in [2.75, 3.05) is 14.7 Å². The lowest BCUT2D eigenvalue weighted by Crippen LogP contribution is -2.32. The van der Waals surface area contributed by atoms with Crippen molar-refractivity contribution in [3.05, 3.63) is 150 Å². The van der Waals surface area contributed by atoms with E-state index in [1.807, 2.05) is 66.7 Å². The highest BCUT2D eigenvalue weighted by Crippen LogP contribution is 2.57. The van der Waals surface area contributed by atoms with Crippen LogP contribution in [0.25, 0.3) is 0 Å². The van der Waals surface area contributed by atoms with Gasteiger partial charge in [-0.1, -0.05) is 118 Å². The molecule has 0 bridgehead atoms. The molecular formula is C44H35N3O2S2. The molecule has 7 heteroatoms. The van der Waals surface area contributed by atoms with Gasteiger partial charge in [-0.3, -0.25) is 9.59 Å². The maximum absolute atomic E-state index is 15.4. The lowest BCUT2D eigenvalue weighted by atomic mass is 9.92. The van der Waals surface area contributed by atoms with E-state index < -0.39 is 0 Å². The summed E-state index contributed by atoms with van der Waals surface area (Å²) in [5.41, 5.74) is 8.78. The lowest BCUT2D eigenvalue weighted by molar-refractivity contribution is 0.0926. The SMILES string of the molecule is CC(C)c1cccc(C(C)C)c1N1C(=O)c2c(N3c4ccccc4Sc4ccccc43)ccc(N3c4ccccc4Sc4ccccc43)c2C1=O. The van der Waals surface area contributed by atoms with Crippen LogP contribution in [-0.2, 0) is 0 Å². The van der Waals surface area contributed by atoms with E-state index in [0.717, 1.165) is 53.5 Å². The van der Waals surface area contributed by atoms with Crippen LogP contribution in [0.2, 0.25) is 0 Å². The fourth-order valence-electron chi connectivity index (χ4n) is 7.60. The van der Waals surface area contributed by atoms with Gasteiger partial charge in [0.2, 0.25) is 0 Å². The van der Waals surface area contributed by atoms with Gasteiger partial charge in [-0.05, 0) is 83.6 Å². The van der Waals surface area contributed by atoms with Gasteiger partial charge in [-0.2, -0.15) is 0 Å². The molecule has 0 unspecified atom stereocenters. The monoisotopic (exact) mass is 701 g/mol. The second-order valence-electron chi connectivity index (χ2n) is 13.6. The number of amides is 2. The number of nitrogens with zero attached hydrogens (tertiary/aromatic N) is 3. The van der Waals surface area contributed by atoms with Crippen molar-refractivity contribution < 1.29 is 9.59 Å². The summed E-state index contributed by atoms with van der Waals surface area (Å²) in [6.07, 6.45) is 0. The normalized spacial score (nSPS) is 14.4. The van der Waals surface area contributed by atoms with Crippen LogP contribution in [0.15, 0.2) is 147 Å². The first-order valence-corrected chi connectivity index (χ1v) is 19.0. The minimum Gasteiger partial charge on any atom is -0.307 e. The molecule has 0 fully saturated rings. The number of imide groups is 1. The predicted molar refractivity (Wildman–Crippen MR) is 210 cm³/mol. The number of carbonyl (C=O) groups excluding carboxylic acids is 2. The molecule has 6 aromatic rings. The third-order valence-corrected chi connectivity index (χ3v) is 12.2. The van der Waals surface area contributed by atoms with E-state index in [2.05, 4.69) is 98.2 Å². The summed E-state index contributed by atoms with van der Waals surface area (Å²) < 4.78 is 0. The molecule has 51 heavy (non-hydrogen) atoms. The molecule has 0 aliphatic carbocycles. The van der Waals surface area contributed by atoms with Gasteiger partial charge in [0.1, 0.15) is 0 Å². The third-order valence-electron chi connectivity index (χ3n) is 9.91. The van der Waals surface area contributed by atoms with Gasteiger partial charge < -0.3 is 9.80 Å². The Labute approximate surface area is 306 Å². The molecule has 5 nitrogen and oxygen atoms in total. The number of para-hydroxylation sites is 5. The molecule has 3 aliphatic rings. The van der Waals surface area contributed by atoms with Crippen LogP contribution in [0.5, 0.6) is 0 Å². The molecule has 0 atom stereocenters. The number of anilines is 7. The number of carbonyl (C=O) groups is 2. The Hall–Kier alpha value is -5.24. The van der Waals surface area contributed by atoms with Crippen LogP contribution >= 0.6 is 23.5 Å². The average Bonchev–Trinajstić information content (AvgIpc) is 3.41. The van der Waals surface area contributed by atoms with Crippen LogP contribution in [0.1, 0.15) is 71.4 Å². The van der Waals surface area contributed by atoms with Gasteiger partial charge in [0.15, 0.2) is 0 Å². The van der Waals surface area contributed by atoms with Gasteiger partial charge in [-0.25, -0.2) is 4.90 Å². The molecule has 6 aromatic carbocycles. The summed E-state index contributed by atoms with van der Waals surface area (Å²) in [5.74, 6) is -0.415. The molecule has 0 aromatic heterocycles.